The van der Waals surface area contributed by atoms with Crippen LogP contribution in [0.4, 0.5) is 0 Å². The SMILES string of the molecule is C[C@@H]1[C@H](CN2CCC3(CC2)OCCO3)O[C@H](c2ccc(-c3ccccc3CNC(=O)c3cccnc3)cc2)O[C@@H]1c1ccc(CO)cc1. The summed E-state index contributed by atoms with van der Waals surface area (Å²) < 4.78 is 25.4. The molecule has 1 spiro atoms. The van der Waals surface area contributed by atoms with Crippen LogP contribution in [0, 0.1) is 5.92 Å². The molecule has 0 unspecified atom stereocenters. The van der Waals surface area contributed by atoms with Gasteiger partial charge in [-0.25, -0.2) is 0 Å². The predicted octanol–water partition coefficient (Wildman–Crippen LogP) is 5.80. The third-order valence-electron chi connectivity index (χ3n) is 9.87. The zero-order chi connectivity index (χ0) is 32.9. The molecule has 3 aliphatic rings. The van der Waals surface area contributed by atoms with Crippen molar-refractivity contribution in [1.29, 1.82) is 0 Å². The molecule has 48 heavy (non-hydrogen) atoms. The molecule has 2 N–H and O–H groups in total. The molecule has 3 aromatic carbocycles. The van der Waals surface area contributed by atoms with E-state index < -0.39 is 12.1 Å². The molecule has 3 aliphatic heterocycles. The minimum absolute atomic E-state index is 0.00590. The number of pyridine rings is 1. The number of carbonyl (C=O) groups excluding carboxylic acids is 1. The number of likely N-dealkylation sites (tertiary alicyclic amines) is 1. The monoisotopic (exact) mass is 649 g/mol. The van der Waals surface area contributed by atoms with Crippen LogP contribution in [0.1, 0.15) is 64.8 Å². The van der Waals surface area contributed by atoms with E-state index >= 15 is 0 Å². The highest BCUT2D eigenvalue weighted by Gasteiger charge is 2.43. The van der Waals surface area contributed by atoms with Crippen molar-refractivity contribution in [3.05, 3.63) is 125 Å². The van der Waals surface area contributed by atoms with E-state index in [1.165, 1.54) is 0 Å². The Kier molecular flexibility index (Phi) is 9.95. The van der Waals surface area contributed by atoms with Gasteiger partial charge in [0.2, 0.25) is 0 Å². The first-order valence-electron chi connectivity index (χ1n) is 16.9. The van der Waals surface area contributed by atoms with Gasteiger partial charge in [0.05, 0.1) is 37.6 Å². The lowest BCUT2D eigenvalue weighted by Crippen LogP contribution is -2.50. The molecular formula is C39H43N3O6. The topological polar surface area (TPSA) is 102 Å². The van der Waals surface area contributed by atoms with Crippen molar-refractivity contribution in [2.24, 2.45) is 5.92 Å². The Morgan fingerprint density at radius 2 is 1.65 bits per heavy atom. The van der Waals surface area contributed by atoms with E-state index in [4.69, 9.17) is 18.9 Å². The smallest absolute Gasteiger partial charge is 0.253 e. The van der Waals surface area contributed by atoms with Crippen molar-refractivity contribution in [3.63, 3.8) is 0 Å². The fraction of sp³-hybridized carbons (Fsp3) is 0.385. The van der Waals surface area contributed by atoms with Crippen molar-refractivity contribution in [2.45, 2.75) is 57.2 Å². The van der Waals surface area contributed by atoms with E-state index in [-0.39, 0.29) is 30.6 Å². The summed E-state index contributed by atoms with van der Waals surface area (Å²) >= 11 is 0. The number of amides is 1. The Morgan fingerprint density at radius 3 is 2.35 bits per heavy atom. The maximum atomic E-state index is 12.7. The van der Waals surface area contributed by atoms with Crippen molar-refractivity contribution in [3.8, 4) is 11.1 Å². The minimum Gasteiger partial charge on any atom is -0.392 e. The number of hydrogen-bond acceptors (Lipinski definition) is 8. The first-order valence-corrected chi connectivity index (χ1v) is 16.9. The molecule has 1 amide bonds. The van der Waals surface area contributed by atoms with Gasteiger partial charge < -0.3 is 34.3 Å². The third-order valence-corrected chi connectivity index (χ3v) is 9.87. The molecule has 9 nitrogen and oxygen atoms in total. The van der Waals surface area contributed by atoms with Gasteiger partial charge in [-0.05, 0) is 39.9 Å². The highest BCUT2D eigenvalue weighted by atomic mass is 16.7. The van der Waals surface area contributed by atoms with Crippen molar-refractivity contribution < 1.29 is 28.8 Å². The van der Waals surface area contributed by atoms with Crippen LogP contribution in [0.15, 0.2) is 97.3 Å². The molecule has 250 valence electrons. The number of nitrogens with one attached hydrogen (secondary N) is 1. The molecule has 3 fully saturated rings. The second kappa shape index (κ2) is 14.7. The average molecular weight is 650 g/mol. The minimum atomic E-state index is -0.547. The Bertz CT molecular complexity index is 1650. The van der Waals surface area contributed by atoms with E-state index in [0.717, 1.165) is 65.9 Å². The number of ether oxygens (including phenoxy) is 4. The number of hydrogen-bond donors (Lipinski definition) is 2. The molecule has 3 saturated heterocycles. The maximum Gasteiger partial charge on any atom is 0.253 e. The number of piperidine rings is 1. The Balaban J connectivity index is 1.08. The van der Waals surface area contributed by atoms with Crippen LogP contribution in [-0.4, -0.2) is 65.6 Å². The molecule has 9 heteroatoms. The number of aliphatic hydroxyl groups excluding tert-OH is 1. The van der Waals surface area contributed by atoms with E-state index in [1.54, 1.807) is 24.5 Å². The van der Waals surface area contributed by atoms with Gasteiger partial charge in [-0.1, -0.05) is 79.7 Å². The van der Waals surface area contributed by atoms with Crippen LogP contribution in [-0.2, 0) is 32.1 Å². The van der Waals surface area contributed by atoms with Crippen molar-refractivity contribution >= 4 is 5.91 Å². The highest BCUT2D eigenvalue weighted by Crippen LogP contribution is 2.43. The summed E-state index contributed by atoms with van der Waals surface area (Å²) in [6.07, 6.45) is 4.15. The molecule has 4 aromatic rings. The fourth-order valence-electron chi connectivity index (χ4n) is 7.00. The summed E-state index contributed by atoms with van der Waals surface area (Å²) in [5.74, 6) is -0.471. The maximum absolute atomic E-state index is 12.7. The van der Waals surface area contributed by atoms with Gasteiger partial charge in [0.1, 0.15) is 0 Å². The molecule has 0 bridgehead atoms. The van der Waals surface area contributed by atoms with Crippen LogP contribution in [0.25, 0.3) is 11.1 Å². The standard InChI is InChI=1S/C39H43N3O6/c1-27-35(25-42-19-16-39(17-20-42)45-21-22-46-39)47-38(48-36(27)30-10-8-28(26-43)9-11-30)31-14-12-29(13-15-31)34-7-3-2-5-32(34)24-41-37(44)33-6-4-18-40-23-33/h2-15,18,23,27,35-36,38,43H,16-17,19-22,24-26H2,1H3,(H,41,44)/t27-,35+,36+,38+/m1/s1. The van der Waals surface area contributed by atoms with Crippen LogP contribution < -0.4 is 5.32 Å². The summed E-state index contributed by atoms with van der Waals surface area (Å²) in [6, 6.07) is 28.0. The van der Waals surface area contributed by atoms with E-state index in [9.17, 15) is 9.90 Å². The first-order chi connectivity index (χ1) is 23.5. The molecule has 7 rings (SSSR count). The molecule has 4 atom stereocenters. The lowest BCUT2D eigenvalue weighted by atomic mass is 9.89. The number of nitrogens with zero attached hydrogens (tertiary/aromatic N) is 2. The van der Waals surface area contributed by atoms with Crippen LogP contribution in [0.5, 0.6) is 0 Å². The highest BCUT2D eigenvalue weighted by molar-refractivity contribution is 5.93. The van der Waals surface area contributed by atoms with Gasteiger partial charge in [0, 0.05) is 62.9 Å². The van der Waals surface area contributed by atoms with Crippen LogP contribution in [0.2, 0.25) is 0 Å². The van der Waals surface area contributed by atoms with Gasteiger partial charge in [-0.2, -0.15) is 0 Å². The van der Waals surface area contributed by atoms with Crippen molar-refractivity contribution in [1.82, 2.24) is 15.2 Å². The Morgan fingerprint density at radius 1 is 0.917 bits per heavy atom. The molecular weight excluding hydrogens is 606 g/mol. The summed E-state index contributed by atoms with van der Waals surface area (Å²) in [4.78, 5) is 19.2. The van der Waals surface area contributed by atoms with E-state index in [0.29, 0.717) is 25.3 Å². The zero-order valence-corrected chi connectivity index (χ0v) is 27.3. The number of benzene rings is 3. The van der Waals surface area contributed by atoms with E-state index in [2.05, 4.69) is 64.6 Å². The third kappa shape index (κ3) is 7.22. The summed E-state index contributed by atoms with van der Waals surface area (Å²) in [5, 5.41) is 12.6. The molecule has 0 radical (unpaired) electrons. The lowest BCUT2D eigenvalue weighted by Gasteiger charge is -2.44. The van der Waals surface area contributed by atoms with Gasteiger partial charge in [-0.3, -0.25) is 9.78 Å². The Labute approximate surface area is 281 Å². The summed E-state index contributed by atoms with van der Waals surface area (Å²) in [7, 11) is 0. The molecule has 0 aliphatic carbocycles. The summed E-state index contributed by atoms with van der Waals surface area (Å²) in [5.41, 5.74) is 6.53. The fourth-order valence-corrected chi connectivity index (χ4v) is 7.00. The van der Waals surface area contributed by atoms with Gasteiger partial charge in [-0.15, -0.1) is 0 Å². The van der Waals surface area contributed by atoms with Gasteiger partial charge in [0.15, 0.2) is 12.1 Å². The molecule has 4 heterocycles. The Hall–Kier alpha value is -3.96. The number of carbonyl (C=O) groups is 1. The average Bonchev–Trinajstić information content (AvgIpc) is 3.61. The quantitative estimate of drug-likeness (QED) is 0.235. The molecule has 0 saturated carbocycles. The number of aliphatic hydroxyl groups is 1. The van der Waals surface area contributed by atoms with E-state index in [1.807, 2.05) is 30.3 Å². The predicted molar refractivity (Wildman–Crippen MR) is 181 cm³/mol. The van der Waals surface area contributed by atoms with Gasteiger partial charge >= 0.3 is 0 Å². The molecule has 1 aromatic heterocycles. The van der Waals surface area contributed by atoms with Crippen LogP contribution in [0.3, 0.4) is 0 Å². The second-order valence-electron chi connectivity index (χ2n) is 12.9. The zero-order valence-electron chi connectivity index (χ0n) is 27.3. The second-order valence-corrected chi connectivity index (χ2v) is 12.9. The normalized spacial score (nSPS) is 24.0. The first kappa shape index (κ1) is 32.6. The number of rotatable bonds is 9. The van der Waals surface area contributed by atoms with Gasteiger partial charge in [0.25, 0.3) is 5.91 Å². The van der Waals surface area contributed by atoms with Crippen LogP contribution >= 0.6 is 0 Å². The lowest BCUT2D eigenvalue weighted by molar-refractivity contribution is -0.278. The number of aromatic nitrogens is 1. The van der Waals surface area contributed by atoms with Crippen molar-refractivity contribution in [2.75, 3.05) is 32.8 Å². The summed E-state index contributed by atoms with van der Waals surface area (Å²) in [6.45, 7) is 6.53. The largest absolute Gasteiger partial charge is 0.392 e.